The van der Waals surface area contributed by atoms with E-state index in [-0.39, 0.29) is 12.4 Å². The van der Waals surface area contributed by atoms with Gasteiger partial charge in [-0.1, -0.05) is 29.8 Å². The topological polar surface area (TPSA) is 35.2 Å². The molecule has 2 aromatic carbocycles. The van der Waals surface area contributed by atoms with Crippen LogP contribution < -0.4 is 10.5 Å². The predicted molar refractivity (Wildman–Crippen MR) is 70.0 cm³/mol. The van der Waals surface area contributed by atoms with Gasteiger partial charge in [-0.25, -0.2) is 4.39 Å². The summed E-state index contributed by atoms with van der Waals surface area (Å²) in [5.41, 5.74) is 7.07. The first-order valence-corrected chi connectivity index (χ1v) is 6.04. The number of ether oxygens (including phenoxy) is 1. The lowest BCUT2D eigenvalue weighted by Gasteiger charge is -2.09. The normalized spacial score (nSPS) is 10.5. The minimum atomic E-state index is -1.00. The second kappa shape index (κ2) is 5.99. The summed E-state index contributed by atoms with van der Waals surface area (Å²) in [6.07, 6.45) is 0. The van der Waals surface area contributed by atoms with E-state index in [1.165, 1.54) is 12.1 Å². The van der Waals surface area contributed by atoms with Crippen LogP contribution in [-0.4, -0.2) is 0 Å². The maximum Gasteiger partial charge on any atom is 0.200 e. The first-order valence-electron chi connectivity index (χ1n) is 5.66. The van der Waals surface area contributed by atoms with Gasteiger partial charge in [0.2, 0.25) is 5.82 Å². The van der Waals surface area contributed by atoms with Crippen molar-refractivity contribution in [3.05, 3.63) is 64.2 Å². The average Bonchev–Trinajstić information content (AvgIpc) is 2.41. The van der Waals surface area contributed by atoms with Crippen LogP contribution in [-0.2, 0) is 13.2 Å². The number of nitrogens with two attached hydrogens (primary N) is 1. The van der Waals surface area contributed by atoms with Gasteiger partial charge in [-0.3, -0.25) is 0 Å². The summed E-state index contributed by atoms with van der Waals surface area (Å²) in [6, 6.07) is 9.06. The second-order valence-electron chi connectivity index (χ2n) is 3.97. The molecular weight excluding hydrogens is 272 g/mol. The van der Waals surface area contributed by atoms with Gasteiger partial charge in [0.1, 0.15) is 6.61 Å². The largest absolute Gasteiger partial charge is 0.486 e. The number of hydrogen-bond donors (Lipinski definition) is 1. The van der Waals surface area contributed by atoms with Crippen molar-refractivity contribution in [2.45, 2.75) is 13.2 Å². The van der Waals surface area contributed by atoms with Crippen LogP contribution in [0.25, 0.3) is 0 Å². The molecule has 0 spiro atoms. The summed E-state index contributed by atoms with van der Waals surface area (Å²) in [4.78, 5) is 0. The monoisotopic (exact) mass is 283 g/mol. The third-order valence-electron chi connectivity index (χ3n) is 2.65. The van der Waals surface area contributed by atoms with Crippen molar-refractivity contribution >= 4 is 11.6 Å². The van der Waals surface area contributed by atoms with Crippen LogP contribution in [0, 0.1) is 11.6 Å². The van der Waals surface area contributed by atoms with Crippen LogP contribution >= 0.6 is 11.6 Å². The maximum absolute atomic E-state index is 13.4. The Labute approximate surface area is 114 Å². The summed E-state index contributed by atoms with van der Waals surface area (Å²) < 4.78 is 31.6. The predicted octanol–water partition coefficient (Wildman–Crippen LogP) is 3.66. The molecule has 0 aliphatic heterocycles. The fourth-order valence-electron chi connectivity index (χ4n) is 1.59. The van der Waals surface area contributed by atoms with Gasteiger partial charge in [-0.2, -0.15) is 4.39 Å². The van der Waals surface area contributed by atoms with Gasteiger partial charge in [0.05, 0.1) is 0 Å². The molecule has 0 fully saturated rings. The molecule has 0 atom stereocenters. The molecule has 0 aliphatic carbocycles. The fourth-order valence-corrected chi connectivity index (χ4v) is 1.84. The molecule has 0 bridgehead atoms. The van der Waals surface area contributed by atoms with E-state index in [1.807, 2.05) is 6.07 Å². The van der Waals surface area contributed by atoms with Crippen molar-refractivity contribution in [2.75, 3.05) is 0 Å². The second-order valence-corrected chi connectivity index (χ2v) is 4.38. The summed E-state index contributed by atoms with van der Waals surface area (Å²) in [5, 5.41) is 0.486. The van der Waals surface area contributed by atoms with E-state index in [0.29, 0.717) is 17.1 Å². The third-order valence-corrected chi connectivity index (χ3v) is 3.00. The van der Waals surface area contributed by atoms with Gasteiger partial charge in [0.15, 0.2) is 11.6 Å². The number of hydrogen-bond acceptors (Lipinski definition) is 2. The Bertz CT molecular complexity index is 590. The molecule has 0 saturated carbocycles. The Morgan fingerprint density at radius 1 is 1.16 bits per heavy atom. The first-order chi connectivity index (χ1) is 9.11. The summed E-state index contributed by atoms with van der Waals surface area (Å²) in [6.45, 7) is 0.448. The van der Waals surface area contributed by atoms with Crippen molar-refractivity contribution < 1.29 is 13.5 Å². The van der Waals surface area contributed by atoms with E-state index in [9.17, 15) is 8.78 Å². The van der Waals surface area contributed by atoms with Crippen LogP contribution in [0.2, 0.25) is 5.02 Å². The molecule has 0 aromatic heterocycles. The van der Waals surface area contributed by atoms with Crippen molar-refractivity contribution in [1.82, 2.24) is 0 Å². The molecular formula is C14H12ClF2NO. The van der Waals surface area contributed by atoms with Gasteiger partial charge in [-0.05, 0) is 23.8 Å². The molecule has 0 amide bonds. The van der Waals surface area contributed by atoms with E-state index < -0.39 is 11.6 Å². The zero-order valence-corrected chi connectivity index (χ0v) is 10.8. The van der Waals surface area contributed by atoms with Gasteiger partial charge in [0, 0.05) is 17.1 Å². The first kappa shape index (κ1) is 13.8. The van der Waals surface area contributed by atoms with E-state index in [1.54, 1.807) is 12.1 Å². The summed E-state index contributed by atoms with van der Waals surface area (Å²) in [5.74, 6) is -2.08. The lowest BCUT2D eigenvalue weighted by Crippen LogP contribution is -2.01. The van der Waals surface area contributed by atoms with Crippen LogP contribution in [0.15, 0.2) is 36.4 Å². The van der Waals surface area contributed by atoms with Crippen molar-refractivity contribution in [1.29, 1.82) is 0 Å². The van der Waals surface area contributed by atoms with Crippen LogP contribution in [0.3, 0.4) is 0 Å². The van der Waals surface area contributed by atoms with E-state index in [2.05, 4.69) is 0 Å². The molecule has 0 unspecified atom stereocenters. The minimum absolute atomic E-state index is 0.0596. The summed E-state index contributed by atoms with van der Waals surface area (Å²) >= 11 is 6.04. The molecule has 0 heterocycles. The number of benzene rings is 2. The Kier molecular flexibility index (Phi) is 4.35. The molecule has 5 heteroatoms. The van der Waals surface area contributed by atoms with Crippen LogP contribution in [0.5, 0.6) is 5.75 Å². The average molecular weight is 284 g/mol. The molecule has 2 N–H and O–H groups in total. The highest BCUT2D eigenvalue weighted by Gasteiger charge is 2.09. The Balaban J connectivity index is 2.12. The van der Waals surface area contributed by atoms with Gasteiger partial charge in [-0.15, -0.1) is 0 Å². The van der Waals surface area contributed by atoms with Crippen molar-refractivity contribution in [3.63, 3.8) is 0 Å². The summed E-state index contributed by atoms with van der Waals surface area (Å²) in [7, 11) is 0. The van der Waals surface area contributed by atoms with Gasteiger partial charge < -0.3 is 10.5 Å². The van der Waals surface area contributed by atoms with E-state index >= 15 is 0 Å². The zero-order valence-electron chi connectivity index (χ0n) is 10.00. The zero-order chi connectivity index (χ0) is 13.8. The molecule has 19 heavy (non-hydrogen) atoms. The van der Waals surface area contributed by atoms with Gasteiger partial charge in [0.25, 0.3) is 0 Å². The van der Waals surface area contributed by atoms with Crippen LogP contribution in [0.4, 0.5) is 8.78 Å². The Morgan fingerprint density at radius 2 is 1.95 bits per heavy atom. The molecule has 2 nitrogen and oxygen atoms in total. The highest BCUT2D eigenvalue weighted by Crippen LogP contribution is 2.23. The van der Waals surface area contributed by atoms with Gasteiger partial charge >= 0.3 is 0 Å². The highest BCUT2D eigenvalue weighted by molar-refractivity contribution is 6.31. The maximum atomic E-state index is 13.4. The molecule has 100 valence electrons. The Morgan fingerprint density at radius 3 is 2.63 bits per heavy atom. The molecule has 0 aliphatic rings. The van der Waals surface area contributed by atoms with E-state index in [0.717, 1.165) is 11.6 Å². The third kappa shape index (κ3) is 3.22. The number of rotatable bonds is 4. The molecule has 0 saturated heterocycles. The SMILES string of the molecule is NCc1ccc(COc2cccc(F)c2F)c(Cl)c1. The quantitative estimate of drug-likeness (QED) is 0.929. The molecule has 2 aromatic rings. The fraction of sp³-hybridized carbons (Fsp3) is 0.143. The molecule has 2 rings (SSSR count). The minimum Gasteiger partial charge on any atom is -0.486 e. The lowest BCUT2D eigenvalue weighted by molar-refractivity contribution is 0.284. The Hall–Kier alpha value is -1.65. The van der Waals surface area contributed by atoms with Crippen molar-refractivity contribution in [3.8, 4) is 5.75 Å². The number of halogens is 3. The molecule has 0 radical (unpaired) electrons. The smallest absolute Gasteiger partial charge is 0.200 e. The van der Waals surface area contributed by atoms with Crippen molar-refractivity contribution in [2.24, 2.45) is 5.73 Å². The standard InChI is InChI=1S/C14H12ClF2NO/c15-11-6-9(7-18)4-5-10(11)8-19-13-3-1-2-12(16)14(13)17/h1-6H,7-8,18H2. The van der Waals surface area contributed by atoms with Crippen LogP contribution in [0.1, 0.15) is 11.1 Å². The van der Waals surface area contributed by atoms with E-state index in [4.69, 9.17) is 22.1 Å². The lowest BCUT2D eigenvalue weighted by atomic mass is 10.1. The highest BCUT2D eigenvalue weighted by atomic mass is 35.5.